The first kappa shape index (κ1) is 16.5. The van der Waals surface area contributed by atoms with Crippen LogP contribution in [0.5, 0.6) is 0 Å². The van der Waals surface area contributed by atoms with Crippen LogP contribution in [0.1, 0.15) is 22.3 Å². The predicted octanol–water partition coefficient (Wildman–Crippen LogP) is 5.34. The van der Waals surface area contributed by atoms with Gasteiger partial charge in [0, 0.05) is 11.6 Å². The van der Waals surface area contributed by atoms with Gasteiger partial charge in [-0.15, -0.1) is 0 Å². The summed E-state index contributed by atoms with van der Waals surface area (Å²) in [4.78, 5) is 4.48. The van der Waals surface area contributed by atoms with Crippen molar-refractivity contribution < 1.29 is 0 Å². The van der Waals surface area contributed by atoms with E-state index in [0.29, 0.717) is 0 Å². The molecule has 3 aromatic carbocycles. The van der Waals surface area contributed by atoms with Crippen molar-refractivity contribution in [2.45, 2.75) is 5.41 Å². The molecule has 0 aliphatic rings. The first-order valence-electron chi connectivity index (χ1n) is 9.36. The molecule has 0 unspecified atom stereocenters. The zero-order valence-electron chi connectivity index (χ0n) is 15.3. The number of nitrogens with one attached hydrogen (secondary N) is 1. The summed E-state index contributed by atoms with van der Waals surface area (Å²) < 4.78 is 0. The summed E-state index contributed by atoms with van der Waals surface area (Å²) in [5, 5.41) is 8.32. The van der Waals surface area contributed by atoms with Gasteiger partial charge in [-0.3, -0.25) is 5.10 Å². The molecule has 3 nitrogen and oxygen atoms in total. The van der Waals surface area contributed by atoms with E-state index in [4.69, 9.17) is 0 Å². The average Bonchev–Trinajstić information content (AvgIpc) is 3.26. The number of fused-ring (bicyclic) bond motifs is 1. The number of benzene rings is 3. The van der Waals surface area contributed by atoms with Crippen LogP contribution in [0.4, 0.5) is 0 Å². The summed E-state index contributed by atoms with van der Waals surface area (Å²) in [6.45, 7) is 0. The van der Waals surface area contributed by atoms with E-state index >= 15 is 0 Å². The topological polar surface area (TPSA) is 41.6 Å². The van der Waals surface area contributed by atoms with Crippen molar-refractivity contribution in [2.24, 2.45) is 0 Å². The highest BCUT2D eigenvalue weighted by atomic mass is 15.1. The van der Waals surface area contributed by atoms with Crippen molar-refractivity contribution in [2.75, 3.05) is 0 Å². The minimum absolute atomic E-state index is 0.477. The third-order valence-electron chi connectivity index (χ3n) is 5.38. The minimum Gasteiger partial charge on any atom is -0.261 e. The van der Waals surface area contributed by atoms with E-state index in [0.717, 1.165) is 16.6 Å². The first-order chi connectivity index (χ1) is 13.9. The highest BCUT2D eigenvalue weighted by Gasteiger charge is 2.39. The Morgan fingerprint density at radius 2 is 1.11 bits per heavy atom. The molecular formula is C25H19N3. The van der Waals surface area contributed by atoms with Gasteiger partial charge in [0.25, 0.3) is 0 Å². The van der Waals surface area contributed by atoms with Gasteiger partial charge in [-0.25, -0.2) is 4.98 Å². The van der Waals surface area contributed by atoms with Gasteiger partial charge >= 0.3 is 0 Å². The first-order valence-corrected chi connectivity index (χ1v) is 9.36. The molecule has 5 rings (SSSR count). The lowest BCUT2D eigenvalue weighted by Gasteiger charge is -2.37. The van der Waals surface area contributed by atoms with Crippen molar-refractivity contribution in [3.05, 3.63) is 132 Å². The molecule has 0 spiro atoms. The molecule has 1 N–H and O–H groups in total. The van der Waals surface area contributed by atoms with E-state index in [2.05, 4.69) is 112 Å². The number of H-pyrrole nitrogens is 1. The van der Waals surface area contributed by atoms with Crippen LogP contribution in [0.25, 0.3) is 11.0 Å². The number of rotatable bonds is 4. The fourth-order valence-corrected chi connectivity index (χ4v) is 4.21. The lowest BCUT2D eigenvalue weighted by molar-refractivity contribution is 0.751. The molecule has 3 heteroatoms. The van der Waals surface area contributed by atoms with Gasteiger partial charge in [-0.2, -0.15) is 5.10 Å². The maximum atomic E-state index is 4.48. The number of aromatic nitrogens is 3. The predicted molar refractivity (Wildman–Crippen MR) is 112 cm³/mol. The monoisotopic (exact) mass is 361 g/mol. The molecule has 0 aliphatic heterocycles. The lowest BCUT2D eigenvalue weighted by atomic mass is 9.64. The Labute approximate surface area is 163 Å². The summed E-state index contributed by atoms with van der Waals surface area (Å²) in [5.74, 6) is 0. The Kier molecular flexibility index (Phi) is 3.99. The van der Waals surface area contributed by atoms with E-state index in [1.165, 1.54) is 16.7 Å². The summed E-state index contributed by atoms with van der Waals surface area (Å²) in [5.41, 5.74) is 5.11. The van der Waals surface area contributed by atoms with E-state index in [1.54, 1.807) is 0 Å². The molecule has 134 valence electrons. The maximum absolute atomic E-state index is 4.48. The second kappa shape index (κ2) is 6.78. The van der Waals surface area contributed by atoms with Crippen LogP contribution in [0.3, 0.4) is 0 Å². The molecule has 0 radical (unpaired) electrons. The third-order valence-corrected chi connectivity index (χ3v) is 5.38. The molecule has 28 heavy (non-hydrogen) atoms. The molecule has 0 bridgehead atoms. The number of pyridine rings is 1. The van der Waals surface area contributed by atoms with Crippen molar-refractivity contribution >= 4 is 11.0 Å². The Bertz CT molecular complexity index is 1100. The van der Waals surface area contributed by atoms with Crippen molar-refractivity contribution in [1.82, 2.24) is 15.2 Å². The zero-order chi connectivity index (χ0) is 18.8. The van der Waals surface area contributed by atoms with Crippen molar-refractivity contribution in [3.8, 4) is 0 Å². The van der Waals surface area contributed by atoms with Gasteiger partial charge in [0.1, 0.15) is 0 Å². The lowest BCUT2D eigenvalue weighted by Crippen LogP contribution is -2.31. The third kappa shape index (κ3) is 2.44. The van der Waals surface area contributed by atoms with Crippen LogP contribution >= 0.6 is 0 Å². The van der Waals surface area contributed by atoms with Crippen LogP contribution in [0.2, 0.25) is 0 Å². The summed E-state index contributed by atoms with van der Waals surface area (Å²) >= 11 is 0. The van der Waals surface area contributed by atoms with Crippen LogP contribution in [0.15, 0.2) is 109 Å². The molecule has 0 saturated carbocycles. The minimum atomic E-state index is -0.477. The molecule has 2 heterocycles. The Balaban J connectivity index is 1.98. The molecule has 0 aliphatic carbocycles. The number of hydrogen-bond donors (Lipinski definition) is 1. The largest absolute Gasteiger partial charge is 0.261 e. The molecule has 2 aromatic heterocycles. The van der Waals surface area contributed by atoms with Crippen LogP contribution in [0, 0.1) is 0 Å². The molecule has 0 amide bonds. The zero-order valence-corrected chi connectivity index (χ0v) is 15.3. The van der Waals surface area contributed by atoms with Crippen molar-refractivity contribution in [3.63, 3.8) is 0 Å². The average molecular weight is 361 g/mol. The normalized spacial score (nSPS) is 11.6. The van der Waals surface area contributed by atoms with Gasteiger partial charge in [0.15, 0.2) is 5.65 Å². The fourth-order valence-electron chi connectivity index (χ4n) is 4.21. The summed E-state index contributed by atoms with van der Waals surface area (Å²) in [6, 6.07) is 34.1. The Morgan fingerprint density at radius 3 is 1.61 bits per heavy atom. The molecule has 0 atom stereocenters. The van der Waals surface area contributed by atoms with E-state index in [-0.39, 0.29) is 0 Å². The van der Waals surface area contributed by atoms with Crippen molar-refractivity contribution in [1.29, 1.82) is 0 Å². The van der Waals surface area contributed by atoms with E-state index in [9.17, 15) is 0 Å². The number of aromatic amines is 1. The standard InChI is InChI=1S/C25H19N3/c1-4-10-19(11-5-1)25(20-12-6-2-7-13-20,21-14-8-3-9-15-21)23-16-17-26-24-22(23)18-27-28-24/h1-18H,(H,26,27,28). The van der Waals surface area contributed by atoms with Gasteiger partial charge in [0.05, 0.1) is 11.6 Å². The van der Waals surface area contributed by atoms with Gasteiger partial charge < -0.3 is 0 Å². The van der Waals surface area contributed by atoms with Crippen LogP contribution in [-0.4, -0.2) is 15.2 Å². The molecule has 0 saturated heterocycles. The second-order valence-corrected chi connectivity index (χ2v) is 6.84. The molecule has 5 aromatic rings. The SMILES string of the molecule is c1ccc(C(c2ccccc2)(c2ccccc2)c2ccnc3[nH]ncc23)cc1. The van der Waals surface area contributed by atoms with Gasteiger partial charge in [-0.1, -0.05) is 91.0 Å². The number of nitrogens with zero attached hydrogens (tertiary/aromatic N) is 2. The summed E-state index contributed by atoms with van der Waals surface area (Å²) in [7, 11) is 0. The van der Waals surface area contributed by atoms with Crippen LogP contribution < -0.4 is 0 Å². The molecule has 0 fully saturated rings. The van der Waals surface area contributed by atoms with Gasteiger partial charge in [0.2, 0.25) is 0 Å². The second-order valence-electron chi connectivity index (χ2n) is 6.84. The fraction of sp³-hybridized carbons (Fsp3) is 0.0400. The summed E-state index contributed by atoms with van der Waals surface area (Å²) in [6.07, 6.45) is 3.74. The quantitative estimate of drug-likeness (QED) is 0.439. The maximum Gasteiger partial charge on any atom is 0.155 e. The van der Waals surface area contributed by atoms with E-state index in [1.807, 2.05) is 12.4 Å². The number of hydrogen-bond acceptors (Lipinski definition) is 2. The smallest absolute Gasteiger partial charge is 0.155 e. The van der Waals surface area contributed by atoms with Crippen LogP contribution in [-0.2, 0) is 5.41 Å². The molecular weight excluding hydrogens is 342 g/mol. The van der Waals surface area contributed by atoms with Gasteiger partial charge in [-0.05, 0) is 28.3 Å². The Morgan fingerprint density at radius 1 is 0.607 bits per heavy atom. The van der Waals surface area contributed by atoms with E-state index < -0.39 is 5.41 Å². The Hall–Kier alpha value is -3.72. The highest BCUT2D eigenvalue weighted by Crippen LogP contribution is 2.46. The highest BCUT2D eigenvalue weighted by molar-refractivity contribution is 5.83.